The van der Waals surface area contributed by atoms with Crippen molar-refractivity contribution in [2.45, 2.75) is 13.0 Å². The Labute approximate surface area is 97.9 Å². The molecule has 1 aromatic heterocycles. The van der Waals surface area contributed by atoms with E-state index in [-0.39, 0.29) is 11.9 Å². The van der Waals surface area contributed by atoms with E-state index in [1.165, 1.54) is 6.07 Å². The number of hydrogen-bond donors (Lipinski definition) is 2. The van der Waals surface area contributed by atoms with Crippen molar-refractivity contribution in [1.82, 2.24) is 5.43 Å². The Morgan fingerprint density at radius 2 is 2.19 bits per heavy atom. The zero-order valence-corrected chi connectivity index (χ0v) is 9.72. The van der Waals surface area contributed by atoms with Crippen LogP contribution in [-0.2, 0) is 0 Å². The summed E-state index contributed by atoms with van der Waals surface area (Å²) in [7, 11) is 0. The van der Waals surface area contributed by atoms with Crippen LogP contribution in [0.1, 0.15) is 22.7 Å². The Balaban J connectivity index is 2.44. The maximum Gasteiger partial charge on any atom is 0.128 e. The van der Waals surface area contributed by atoms with Crippen LogP contribution in [0.2, 0.25) is 0 Å². The minimum absolute atomic E-state index is 0.236. The molecule has 0 aliphatic rings. The number of halogens is 1. The minimum Gasteiger partial charge on any atom is -0.271 e. The van der Waals surface area contributed by atoms with E-state index in [0.717, 1.165) is 11.1 Å². The maximum absolute atomic E-state index is 13.7. The van der Waals surface area contributed by atoms with Gasteiger partial charge in [-0.05, 0) is 35.4 Å². The van der Waals surface area contributed by atoms with Crippen molar-refractivity contribution in [1.29, 1.82) is 0 Å². The number of nitrogens with one attached hydrogen (secondary N) is 1. The molecule has 3 N–H and O–H groups in total. The molecular formula is C12H13FN2S. The monoisotopic (exact) mass is 236 g/mol. The zero-order valence-electron chi connectivity index (χ0n) is 8.91. The van der Waals surface area contributed by atoms with Gasteiger partial charge in [0.1, 0.15) is 5.82 Å². The smallest absolute Gasteiger partial charge is 0.128 e. The van der Waals surface area contributed by atoms with Gasteiger partial charge in [0, 0.05) is 5.56 Å². The number of benzene rings is 1. The highest BCUT2D eigenvalue weighted by Gasteiger charge is 2.16. The molecular weight excluding hydrogens is 223 g/mol. The molecule has 1 unspecified atom stereocenters. The van der Waals surface area contributed by atoms with Crippen molar-refractivity contribution in [2.24, 2.45) is 5.84 Å². The van der Waals surface area contributed by atoms with Crippen LogP contribution in [0.5, 0.6) is 0 Å². The number of thiophene rings is 1. The second-order valence-corrected chi connectivity index (χ2v) is 4.46. The SMILES string of the molecule is Cc1ccc(F)c(C(NN)c2ccsc2)c1. The average Bonchev–Trinajstić information content (AvgIpc) is 2.78. The first-order chi connectivity index (χ1) is 7.72. The lowest BCUT2D eigenvalue weighted by atomic mass is 9.99. The molecule has 0 spiro atoms. The summed E-state index contributed by atoms with van der Waals surface area (Å²) in [5.41, 5.74) is 5.24. The van der Waals surface area contributed by atoms with Gasteiger partial charge in [-0.25, -0.2) is 9.82 Å². The van der Waals surface area contributed by atoms with Crippen molar-refractivity contribution < 1.29 is 4.39 Å². The van der Waals surface area contributed by atoms with Gasteiger partial charge in [0.15, 0.2) is 0 Å². The molecule has 0 radical (unpaired) electrons. The molecule has 1 aromatic carbocycles. The van der Waals surface area contributed by atoms with Crippen LogP contribution in [0.3, 0.4) is 0 Å². The lowest BCUT2D eigenvalue weighted by Gasteiger charge is -2.16. The highest BCUT2D eigenvalue weighted by molar-refractivity contribution is 7.08. The standard InChI is InChI=1S/C12H13FN2S/c1-8-2-3-11(13)10(6-8)12(15-14)9-4-5-16-7-9/h2-7,12,15H,14H2,1H3. The molecule has 1 atom stereocenters. The van der Waals surface area contributed by atoms with Crippen LogP contribution in [0.15, 0.2) is 35.0 Å². The van der Waals surface area contributed by atoms with Crippen molar-refractivity contribution in [3.05, 3.63) is 57.5 Å². The van der Waals surface area contributed by atoms with E-state index in [2.05, 4.69) is 5.43 Å². The molecule has 4 heteroatoms. The molecule has 0 saturated heterocycles. The molecule has 2 nitrogen and oxygen atoms in total. The predicted octanol–water partition coefficient (Wildman–Crippen LogP) is 2.75. The first-order valence-electron chi connectivity index (χ1n) is 4.96. The molecule has 2 aromatic rings. The number of hydrazine groups is 1. The first-order valence-corrected chi connectivity index (χ1v) is 5.91. The molecule has 16 heavy (non-hydrogen) atoms. The van der Waals surface area contributed by atoms with Gasteiger partial charge in [-0.1, -0.05) is 17.7 Å². The van der Waals surface area contributed by atoms with Crippen LogP contribution < -0.4 is 11.3 Å². The zero-order chi connectivity index (χ0) is 11.5. The molecule has 0 saturated carbocycles. The van der Waals surface area contributed by atoms with Gasteiger partial charge in [0.25, 0.3) is 0 Å². The Hall–Kier alpha value is -1.23. The molecule has 0 aliphatic heterocycles. The molecule has 0 bridgehead atoms. The van der Waals surface area contributed by atoms with Crippen molar-refractivity contribution in [3.8, 4) is 0 Å². The summed E-state index contributed by atoms with van der Waals surface area (Å²) in [6.45, 7) is 1.93. The lowest BCUT2D eigenvalue weighted by Crippen LogP contribution is -2.29. The predicted molar refractivity (Wildman–Crippen MR) is 64.6 cm³/mol. The highest BCUT2D eigenvalue weighted by atomic mass is 32.1. The number of hydrogen-bond acceptors (Lipinski definition) is 3. The Morgan fingerprint density at radius 1 is 1.38 bits per heavy atom. The van der Waals surface area contributed by atoms with E-state index in [4.69, 9.17) is 5.84 Å². The number of rotatable bonds is 3. The van der Waals surface area contributed by atoms with E-state index in [1.807, 2.05) is 29.8 Å². The Kier molecular flexibility index (Phi) is 3.33. The summed E-state index contributed by atoms with van der Waals surface area (Å²) in [5.74, 6) is 5.27. The average molecular weight is 236 g/mol. The van der Waals surface area contributed by atoms with Crippen LogP contribution >= 0.6 is 11.3 Å². The van der Waals surface area contributed by atoms with Crippen LogP contribution in [-0.4, -0.2) is 0 Å². The van der Waals surface area contributed by atoms with Gasteiger partial charge < -0.3 is 0 Å². The van der Waals surface area contributed by atoms with Crippen molar-refractivity contribution in [3.63, 3.8) is 0 Å². The second-order valence-electron chi connectivity index (χ2n) is 3.68. The molecule has 1 heterocycles. The lowest BCUT2D eigenvalue weighted by molar-refractivity contribution is 0.560. The van der Waals surface area contributed by atoms with E-state index >= 15 is 0 Å². The van der Waals surface area contributed by atoms with Crippen molar-refractivity contribution in [2.75, 3.05) is 0 Å². The van der Waals surface area contributed by atoms with Gasteiger partial charge in [-0.2, -0.15) is 11.3 Å². The summed E-state index contributed by atoms with van der Waals surface area (Å²) >= 11 is 1.57. The summed E-state index contributed by atoms with van der Waals surface area (Å²) in [4.78, 5) is 0. The molecule has 0 aliphatic carbocycles. The fourth-order valence-electron chi connectivity index (χ4n) is 1.69. The summed E-state index contributed by atoms with van der Waals surface area (Å²) in [6.07, 6.45) is 0. The third kappa shape index (κ3) is 2.14. The quantitative estimate of drug-likeness (QED) is 0.635. The minimum atomic E-state index is -0.286. The van der Waals surface area contributed by atoms with Crippen LogP contribution in [0, 0.1) is 12.7 Å². The van der Waals surface area contributed by atoms with Gasteiger partial charge in [-0.3, -0.25) is 5.84 Å². The van der Waals surface area contributed by atoms with Crippen LogP contribution in [0.4, 0.5) is 4.39 Å². The summed E-state index contributed by atoms with van der Waals surface area (Å²) < 4.78 is 13.7. The topological polar surface area (TPSA) is 38.0 Å². The summed E-state index contributed by atoms with van der Waals surface area (Å²) in [6, 6.07) is 6.70. The number of aryl methyl sites for hydroxylation is 1. The first kappa shape index (κ1) is 11.3. The van der Waals surface area contributed by atoms with E-state index in [1.54, 1.807) is 17.4 Å². The van der Waals surface area contributed by atoms with Gasteiger partial charge in [-0.15, -0.1) is 0 Å². The van der Waals surface area contributed by atoms with E-state index < -0.39 is 0 Å². The number of nitrogens with two attached hydrogens (primary N) is 1. The van der Waals surface area contributed by atoms with E-state index in [0.29, 0.717) is 5.56 Å². The fourth-order valence-corrected chi connectivity index (χ4v) is 2.38. The Bertz CT molecular complexity index is 468. The Morgan fingerprint density at radius 3 is 2.81 bits per heavy atom. The third-order valence-electron chi connectivity index (χ3n) is 2.51. The van der Waals surface area contributed by atoms with Gasteiger partial charge in [0.05, 0.1) is 6.04 Å². The third-order valence-corrected chi connectivity index (χ3v) is 3.21. The molecule has 2 rings (SSSR count). The second kappa shape index (κ2) is 4.74. The van der Waals surface area contributed by atoms with E-state index in [9.17, 15) is 4.39 Å². The summed E-state index contributed by atoms with van der Waals surface area (Å²) in [5, 5.41) is 3.92. The van der Waals surface area contributed by atoms with Gasteiger partial charge >= 0.3 is 0 Å². The molecule has 84 valence electrons. The fraction of sp³-hybridized carbons (Fsp3) is 0.167. The molecule has 0 fully saturated rings. The molecule has 0 amide bonds. The largest absolute Gasteiger partial charge is 0.271 e. The van der Waals surface area contributed by atoms with Crippen molar-refractivity contribution >= 4 is 11.3 Å². The van der Waals surface area contributed by atoms with Crippen LogP contribution in [0.25, 0.3) is 0 Å². The van der Waals surface area contributed by atoms with Gasteiger partial charge in [0.2, 0.25) is 0 Å². The normalized spacial score (nSPS) is 12.7. The maximum atomic E-state index is 13.7. The highest BCUT2D eigenvalue weighted by Crippen LogP contribution is 2.26.